The number of amides is 1. The lowest BCUT2D eigenvalue weighted by Gasteiger charge is -2.29. The average molecular weight is 246 g/mol. The zero-order valence-electron chi connectivity index (χ0n) is 10.6. The highest BCUT2D eigenvalue weighted by atomic mass is 16.5. The fraction of sp³-hybridized carbons (Fsp3) is 0.500. The molecule has 1 saturated carbocycles. The maximum atomic E-state index is 12.2. The summed E-state index contributed by atoms with van der Waals surface area (Å²) in [6.07, 6.45) is 2.11. The number of carbonyl (C=O) groups is 1. The Labute approximate surface area is 107 Å². The first-order valence-electron chi connectivity index (χ1n) is 6.48. The van der Waals surface area contributed by atoms with Gasteiger partial charge in [-0.1, -0.05) is 12.1 Å². The molecule has 1 heterocycles. The summed E-state index contributed by atoms with van der Waals surface area (Å²) in [4.78, 5) is 14.0. The van der Waals surface area contributed by atoms with Crippen LogP contribution in [0.5, 0.6) is 5.75 Å². The molecule has 18 heavy (non-hydrogen) atoms. The molecule has 1 N–H and O–H groups in total. The van der Waals surface area contributed by atoms with Gasteiger partial charge in [0.2, 0.25) is 0 Å². The third-order valence-corrected chi connectivity index (χ3v) is 3.51. The zero-order chi connectivity index (χ0) is 12.5. The lowest BCUT2D eigenvalue weighted by molar-refractivity contribution is -0.137. The monoisotopic (exact) mass is 246 g/mol. The predicted octanol–water partition coefficient (Wildman–Crippen LogP) is 1.73. The number of hydrogen-bond acceptors (Lipinski definition) is 3. The van der Waals surface area contributed by atoms with Crippen molar-refractivity contribution < 1.29 is 9.53 Å². The Hall–Kier alpha value is -1.71. The minimum absolute atomic E-state index is 0.0731. The van der Waals surface area contributed by atoms with Crippen molar-refractivity contribution in [3.8, 4) is 5.75 Å². The summed E-state index contributed by atoms with van der Waals surface area (Å²) in [5.74, 6) is 1.55. The first-order valence-corrected chi connectivity index (χ1v) is 6.48. The predicted molar refractivity (Wildman–Crippen MR) is 69.7 cm³/mol. The number of para-hydroxylation sites is 2. The highest BCUT2D eigenvalue weighted by Crippen LogP contribution is 2.31. The Morgan fingerprint density at radius 3 is 3.00 bits per heavy atom. The first-order chi connectivity index (χ1) is 8.74. The molecular formula is C14H18N2O2. The molecule has 1 unspecified atom stereocenters. The molecule has 1 aromatic rings. The van der Waals surface area contributed by atoms with Crippen LogP contribution in [0.15, 0.2) is 24.3 Å². The summed E-state index contributed by atoms with van der Waals surface area (Å²) >= 11 is 0. The van der Waals surface area contributed by atoms with E-state index in [0.29, 0.717) is 12.5 Å². The number of rotatable bonds is 3. The van der Waals surface area contributed by atoms with Crippen LogP contribution in [-0.4, -0.2) is 37.0 Å². The van der Waals surface area contributed by atoms with Gasteiger partial charge < -0.3 is 15.0 Å². The van der Waals surface area contributed by atoms with E-state index in [0.717, 1.165) is 18.0 Å². The summed E-state index contributed by atoms with van der Waals surface area (Å²) in [6.45, 7) is 1.41. The Bertz CT molecular complexity index is 457. The Morgan fingerprint density at radius 1 is 1.44 bits per heavy atom. The van der Waals surface area contributed by atoms with Gasteiger partial charge in [0.25, 0.3) is 5.91 Å². The van der Waals surface area contributed by atoms with Crippen molar-refractivity contribution in [1.29, 1.82) is 0 Å². The summed E-state index contributed by atoms with van der Waals surface area (Å²) < 4.78 is 5.76. The van der Waals surface area contributed by atoms with Crippen molar-refractivity contribution in [3.63, 3.8) is 0 Å². The lowest BCUT2D eigenvalue weighted by Crippen LogP contribution is -2.46. The van der Waals surface area contributed by atoms with Gasteiger partial charge in [-0.15, -0.1) is 0 Å². The topological polar surface area (TPSA) is 41.6 Å². The van der Waals surface area contributed by atoms with Gasteiger partial charge in [0.05, 0.1) is 12.2 Å². The number of carbonyl (C=O) groups excluding carboxylic acids is 1. The molecule has 1 aromatic carbocycles. The lowest BCUT2D eigenvalue weighted by atomic mass is 10.2. The van der Waals surface area contributed by atoms with Crippen LogP contribution in [-0.2, 0) is 4.79 Å². The van der Waals surface area contributed by atoms with Gasteiger partial charge in [0.15, 0.2) is 6.10 Å². The van der Waals surface area contributed by atoms with Crippen molar-refractivity contribution in [1.82, 2.24) is 4.90 Å². The minimum atomic E-state index is -0.399. The van der Waals surface area contributed by atoms with Crippen LogP contribution in [0.3, 0.4) is 0 Å². The van der Waals surface area contributed by atoms with E-state index < -0.39 is 6.10 Å². The zero-order valence-corrected chi connectivity index (χ0v) is 10.6. The van der Waals surface area contributed by atoms with Crippen molar-refractivity contribution in [2.75, 3.05) is 25.5 Å². The third kappa shape index (κ3) is 2.28. The SMILES string of the molecule is CN(CC1CC1)C(=O)C1CNc2ccccc2O1. The van der Waals surface area contributed by atoms with Crippen molar-refractivity contribution >= 4 is 11.6 Å². The summed E-state index contributed by atoms with van der Waals surface area (Å²) in [5, 5.41) is 3.24. The van der Waals surface area contributed by atoms with Crippen LogP contribution in [0.1, 0.15) is 12.8 Å². The van der Waals surface area contributed by atoms with Crippen molar-refractivity contribution in [2.24, 2.45) is 5.92 Å². The fourth-order valence-electron chi connectivity index (χ4n) is 2.27. The van der Waals surface area contributed by atoms with Crippen LogP contribution in [0, 0.1) is 5.92 Å². The molecule has 1 aliphatic carbocycles. The number of hydrogen-bond donors (Lipinski definition) is 1. The van der Waals surface area contributed by atoms with Crippen LogP contribution < -0.4 is 10.1 Å². The van der Waals surface area contributed by atoms with Gasteiger partial charge in [-0.05, 0) is 30.9 Å². The molecule has 0 spiro atoms. The number of nitrogens with one attached hydrogen (secondary N) is 1. The van der Waals surface area contributed by atoms with Crippen LogP contribution in [0.4, 0.5) is 5.69 Å². The molecule has 4 nitrogen and oxygen atoms in total. The van der Waals surface area contributed by atoms with Gasteiger partial charge in [-0.25, -0.2) is 0 Å². The van der Waals surface area contributed by atoms with E-state index in [4.69, 9.17) is 4.74 Å². The number of ether oxygens (including phenoxy) is 1. The first kappa shape index (κ1) is 11.4. The van der Waals surface area contributed by atoms with Gasteiger partial charge >= 0.3 is 0 Å². The fourth-order valence-corrected chi connectivity index (χ4v) is 2.27. The summed E-state index contributed by atoms with van der Waals surface area (Å²) in [5.41, 5.74) is 0.964. The smallest absolute Gasteiger partial charge is 0.265 e. The quantitative estimate of drug-likeness (QED) is 0.883. The molecular weight excluding hydrogens is 228 g/mol. The molecule has 1 aliphatic heterocycles. The third-order valence-electron chi connectivity index (χ3n) is 3.51. The van der Waals surface area contributed by atoms with Crippen LogP contribution in [0.2, 0.25) is 0 Å². The normalized spacial score (nSPS) is 21.5. The molecule has 0 bridgehead atoms. The molecule has 4 heteroatoms. The van der Waals surface area contributed by atoms with E-state index in [-0.39, 0.29) is 5.91 Å². The highest BCUT2D eigenvalue weighted by Gasteiger charge is 2.31. The molecule has 1 fully saturated rings. The molecule has 0 radical (unpaired) electrons. The molecule has 0 saturated heterocycles. The second-order valence-electron chi connectivity index (χ2n) is 5.15. The average Bonchev–Trinajstić information content (AvgIpc) is 3.21. The molecule has 2 aliphatic rings. The van der Waals surface area contributed by atoms with Crippen LogP contribution >= 0.6 is 0 Å². The Balaban J connectivity index is 1.65. The van der Waals surface area contributed by atoms with Crippen LogP contribution in [0.25, 0.3) is 0 Å². The van der Waals surface area contributed by atoms with E-state index in [1.54, 1.807) is 4.90 Å². The van der Waals surface area contributed by atoms with E-state index in [1.807, 2.05) is 31.3 Å². The van der Waals surface area contributed by atoms with Crippen molar-refractivity contribution in [2.45, 2.75) is 18.9 Å². The number of benzene rings is 1. The van der Waals surface area contributed by atoms with E-state index in [1.165, 1.54) is 12.8 Å². The van der Waals surface area contributed by atoms with Crippen molar-refractivity contribution in [3.05, 3.63) is 24.3 Å². The van der Waals surface area contributed by atoms with Gasteiger partial charge in [-0.2, -0.15) is 0 Å². The molecule has 1 amide bonds. The maximum absolute atomic E-state index is 12.2. The summed E-state index contributed by atoms with van der Waals surface area (Å²) in [6, 6.07) is 7.73. The number of nitrogens with zero attached hydrogens (tertiary/aromatic N) is 1. The number of likely N-dealkylation sites (N-methyl/N-ethyl adjacent to an activating group) is 1. The standard InChI is InChI=1S/C14H18N2O2/c1-16(9-10-6-7-10)14(17)13-8-15-11-4-2-3-5-12(11)18-13/h2-5,10,13,15H,6-9H2,1H3. The molecule has 96 valence electrons. The number of fused-ring (bicyclic) bond motifs is 1. The second kappa shape index (κ2) is 4.52. The number of anilines is 1. The summed E-state index contributed by atoms with van der Waals surface area (Å²) in [7, 11) is 1.87. The van der Waals surface area contributed by atoms with E-state index in [9.17, 15) is 4.79 Å². The molecule has 0 aromatic heterocycles. The van der Waals surface area contributed by atoms with E-state index >= 15 is 0 Å². The maximum Gasteiger partial charge on any atom is 0.265 e. The minimum Gasteiger partial charge on any atom is -0.477 e. The Morgan fingerprint density at radius 2 is 2.22 bits per heavy atom. The highest BCUT2D eigenvalue weighted by molar-refractivity contribution is 5.83. The second-order valence-corrected chi connectivity index (χ2v) is 5.15. The van der Waals surface area contributed by atoms with Gasteiger partial charge in [0, 0.05) is 13.6 Å². The van der Waals surface area contributed by atoms with Gasteiger partial charge in [-0.3, -0.25) is 4.79 Å². The largest absolute Gasteiger partial charge is 0.477 e. The Kier molecular flexibility index (Phi) is 2.86. The molecule has 3 rings (SSSR count). The van der Waals surface area contributed by atoms with E-state index in [2.05, 4.69) is 5.32 Å². The molecule has 1 atom stereocenters. The van der Waals surface area contributed by atoms with Gasteiger partial charge in [0.1, 0.15) is 5.75 Å².